The van der Waals surface area contributed by atoms with Crippen LogP contribution in [0.15, 0.2) is 121 Å². The van der Waals surface area contributed by atoms with Crippen molar-refractivity contribution in [3.8, 4) is 44.5 Å². The van der Waals surface area contributed by atoms with Crippen LogP contribution in [0.4, 0.5) is 0 Å². The van der Waals surface area contributed by atoms with Gasteiger partial charge in [0.15, 0.2) is 0 Å². The summed E-state index contributed by atoms with van der Waals surface area (Å²) in [6.45, 7) is 8.80. The molecule has 2 aromatic carbocycles. The molecular formula is C36H32SiZr. The van der Waals surface area contributed by atoms with Gasteiger partial charge in [-0.25, -0.2) is 0 Å². The van der Waals surface area contributed by atoms with Gasteiger partial charge in [-0.05, 0) is 11.1 Å². The molecule has 0 nitrogen and oxygen atoms in total. The van der Waals surface area contributed by atoms with Crippen molar-refractivity contribution in [2.75, 3.05) is 0 Å². The first-order valence-electron chi connectivity index (χ1n) is 12.9. The number of fused-ring (bicyclic) bond motifs is 2. The topological polar surface area (TPSA) is 0 Å². The van der Waals surface area contributed by atoms with Gasteiger partial charge in [-0.3, -0.25) is 0 Å². The zero-order valence-electron chi connectivity index (χ0n) is 22.5. The normalized spacial score (nSPS) is 10.3. The average molecular weight is 584 g/mol. The van der Waals surface area contributed by atoms with Gasteiger partial charge in [-0.15, -0.1) is 58.7 Å². The second-order valence-electron chi connectivity index (χ2n) is 9.56. The molecule has 0 fully saturated rings. The van der Waals surface area contributed by atoms with Crippen LogP contribution >= 0.6 is 0 Å². The van der Waals surface area contributed by atoms with E-state index in [0.29, 0.717) is 0 Å². The summed E-state index contributed by atoms with van der Waals surface area (Å²) < 4.78 is 0. The Labute approximate surface area is 243 Å². The molecule has 0 atom stereocenters. The first-order chi connectivity index (χ1) is 18.4. The van der Waals surface area contributed by atoms with E-state index in [-0.39, 0.29) is 5.43 Å². The largest absolute Gasteiger partial charge is 0.165 e. The molecule has 0 saturated heterocycles. The van der Waals surface area contributed by atoms with Crippen LogP contribution in [-0.2, 0) is 23.3 Å². The van der Waals surface area contributed by atoms with Crippen molar-refractivity contribution >= 4 is 5.43 Å². The molecule has 0 aliphatic heterocycles. The molecule has 6 rings (SSSR count). The van der Waals surface area contributed by atoms with E-state index >= 15 is 0 Å². The Morgan fingerprint density at radius 2 is 0.789 bits per heavy atom. The molecule has 0 spiro atoms. The summed E-state index contributed by atoms with van der Waals surface area (Å²) >= 11 is 1.74. The fourth-order valence-corrected chi connectivity index (χ4v) is 4.45. The third kappa shape index (κ3) is 7.50. The van der Waals surface area contributed by atoms with E-state index in [1.165, 1.54) is 55.6 Å². The van der Waals surface area contributed by atoms with Crippen LogP contribution in [0.3, 0.4) is 0 Å². The Hall–Kier alpha value is -3.06. The van der Waals surface area contributed by atoms with E-state index in [0.717, 1.165) is 0 Å². The summed E-state index contributed by atoms with van der Waals surface area (Å²) in [7, 11) is 0. The Balaban J connectivity index is 0.000000156. The first kappa shape index (κ1) is 28.0. The number of benzene rings is 2. The summed E-state index contributed by atoms with van der Waals surface area (Å²) in [5.74, 6) is 0. The summed E-state index contributed by atoms with van der Waals surface area (Å²) in [6.07, 6.45) is 0. The van der Waals surface area contributed by atoms with E-state index < -0.39 is 0 Å². The van der Waals surface area contributed by atoms with Crippen molar-refractivity contribution in [3.63, 3.8) is 0 Å². The zero-order valence-corrected chi connectivity index (χ0v) is 26.0. The predicted octanol–water partition coefficient (Wildman–Crippen LogP) is 9.92. The Morgan fingerprint density at radius 1 is 0.474 bits per heavy atom. The zero-order chi connectivity index (χ0) is 26.9. The second kappa shape index (κ2) is 13.7. The van der Waals surface area contributed by atoms with Gasteiger partial charge in [0.25, 0.3) is 0 Å². The molecule has 2 heteroatoms. The monoisotopic (exact) mass is 582 g/mol. The summed E-state index contributed by atoms with van der Waals surface area (Å²) in [5.41, 5.74) is 12.6. The number of rotatable bonds is 2. The smallest absolute Gasteiger partial charge is 0.0279 e. The third-order valence-corrected chi connectivity index (χ3v) is 5.99. The molecule has 38 heavy (non-hydrogen) atoms. The van der Waals surface area contributed by atoms with Crippen LogP contribution in [0.5, 0.6) is 0 Å². The number of aryl methyl sites for hydroxylation is 2. The van der Waals surface area contributed by atoms with Crippen molar-refractivity contribution in [3.05, 3.63) is 145 Å². The van der Waals surface area contributed by atoms with Crippen LogP contribution in [0.1, 0.15) is 11.1 Å². The van der Waals surface area contributed by atoms with Crippen LogP contribution in [0.25, 0.3) is 44.5 Å². The quantitative estimate of drug-likeness (QED) is 0.141. The fraction of sp³-hybridized carbons (Fsp3) is 0.111. The van der Waals surface area contributed by atoms with E-state index in [1.807, 2.05) is 12.1 Å². The van der Waals surface area contributed by atoms with Crippen LogP contribution in [0.2, 0.25) is 13.1 Å². The van der Waals surface area contributed by atoms with Crippen LogP contribution in [-0.4, -0.2) is 5.43 Å². The number of hydrogen-bond donors (Lipinski definition) is 0. The Bertz CT molecular complexity index is 1440. The van der Waals surface area contributed by atoms with Crippen LogP contribution in [0, 0.1) is 26.0 Å². The van der Waals surface area contributed by atoms with Crippen molar-refractivity contribution < 1.29 is 23.3 Å². The van der Waals surface area contributed by atoms with E-state index in [9.17, 15) is 0 Å². The molecule has 0 saturated carbocycles. The van der Waals surface area contributed by atoms with Gasteiger partial charge < -0.3 is 0 Å². The maximum atomic E-state index is 3.39. The molecule has 0 bridgehead atoms. The molecule has 184 valence electrons. The Kier molecular flexibility index (Phi) is 10.0. The minimum Gasteiger partial charge on any atom is -0.165 e. The fourth-order valence-electron chi connectivity index (χ4n) is 4.45. The van der Waals surface area contributed by atoms with Gasteiger partial charge in [-0.2, -0.15) is 23.3 Å². The maximum Gasteiger partial charge on any atom is -0.0279 e. The van der Waals surface area contributed by atoms with Crippen molar-refractivity contribution in [1.29, 1.82) is 0 Å². The Morgan fingerprint density at radius 3 is 1.16 bits per heavy atom. The SMILES string of the molecule is C[Si](C)=[Zr+2].Cc1[c-]c2ccccc(-c3ccccc3)c-2c1.Cc1[c-]c2ccccc(-c3ccccc3)c-2c1. The molecule has 2 aromatic rings. The summed E-state index contributed by atoms with van der Waals surface area (Å²) in [5, 5.41) is 0. The first-order valence-corrected chi connectivity index (χ1v) is 19.1. The molecule has 0 aromatic heterocycles. The van der Waals surface area contributed by atoms with Crippen molar-refractivity contribution in [2.24, 2.45) is 0 Å². The van der Waals surface area contributed by atoms with Gasteiger partial charge in [0, 0.05) is 0 Å². The molecular weight excluding hydrogens is 552 g/mol. The molecule has 0 heterocycles. The molecule has 0 amide bonds. The van der Waals surface area contributed by atoms with Gasteiger partial charge in [0.05, 0.1) is 0 Å². The number of hydrogen-bond acceptors (Lipinski definition) is 0. The third-order valence-electron chi connectivity index (χ3n) is 5.99. The molecule has 4 aliphatic carbocycles. The predicted molar refractivity (Wildman–Crippen MR) is 162 cm³/mol. The van der Waals surface area contributed by atoms with Gasteiger partial charge in [0.1, 0.15) is 0 Å². The second-order valence-corrected chi connectivity index (χ2v) is 18.9. The van der Waals surface area contributed by atoms with E-state index in [2.05, 4.69) is 148 Å². The van der Waals surface area contributed by atoms with Crippen LogP contribution < -0.4 is 0 Å². The van der Waals surface area contributed by atoms with Gasteiger partial charge in [0.2, 0.25) is 0 Å². The average Bonchev–Trinajstić information content (AvgIpc) is 3.31. The van der Waals surface area contributed by atoms with Gasteiger partial charge >= 0.3 is 41.9 Å². The maximum absolute atomic E-state index is 3.39. The summed E-state index contributed by atoms with van der Waals surface area (Å²) in [4.78, 5) is 0. The standard InChI is InChI=1S/2C17H13.C2H6Si.Zr/c2*1-13-11-15-9-5-6-10-16(17(15)12-13)14-7-3-2-4-8-14;1-3-2;/h2*2-10,12H,1H3;1-2H3;/q2*-1;;+2. The molecule has 0 radical (unpaired) electrons. The van der Waals surface area contributed by atoms with E-state index in [1.54, 1.807) is 23.3 Å². The minimum absolute atomic E-state index is 0.210. The van der Waals surface area contributed by atoms with Gasteiger partial charge in [-0.1, -0.05) is 110 Å². The molecule has 0 unspecified atom stereocenters. The molecule has 4 aliphatic rings. The minimum atomic E-state index is 0.210. The van der Waals surface area contributed by atoms with E-state index in [4.69, 9.17) is 0 Å². The van der Waals surface area contributed by atoms with Crippen molar-refractivity contribution in [2.45, 2.75) is 26.9 Å². The molecule has 0 N–H and O–H groups in total. The van der Waals surface area contributed by atoms with Crippen molar-refractivity contribution in [1.82, 2.24) is 0 Å². The summed E-state index contributed by atoms with van der Waals surface area (Å²) in [6, 6.07) is 49.1.